The van der Waals surface area contributed by atoms with Crippen molar-refractivity contribution in [2.24, 2.45) is 0 Å². The molecule has 3 rings (SSSR count). The second-order valence-electron chi connectivity index (χ2n) is 8.73. The number of hydrogen-bond donors (Lipinski definition) is 2. The molecule has 4 amide bonds. The van der Waals surface area contributed by atoms with Crippen LogP contribution < -0.4 is 15.5 Å². The van der Waals surface area contributed by atoms with Crippen LogP contribution >= 0.6 is 0 Å². The van der Waals surface area contributed by atoms with E-state index in [0.717, 1.165) is 18.5 Å². The van der Waals surface area contributed by atoms with Crippen molar-refractivity contribution in [1.29, 1.82) is 0 Å². The summed E-state index contributed by atoms with van der Waals surface area (Å²) in [6, 6.07) is 9.82. The number of amides is 4. The van der Waals surface area contributed by atoms with E-state index in [1.165, 1.54) is 0 Å². The maximum absolute atomic E-state index is 13.6. The predicted octanol–water partition coefficient (Wildman–Crippen LogP) is 2.16. The average molecular weight is 430 g/mol. The summed E-state index contributed by atoms with van der Waals surface area (Å²) >= 11 is 0. The van der Waals surface area contributed by atoms with E-state index < -0.39 is 5.54 Å². The SMILES string of the molecule is CCCCNC(=O)N1CCC2(CC1)C(=O)N(CC(=O)NC(C)C)CN2c1ccccc1. The van der Waals surface area contributed by atoms with Gasteiger partial charge in [0, 0.05) is 31.4 Å². The lowest BCUT2D eigenvalue weighted by Crippen LogP contribution is -2.58. The molecule has 0 aromatic heterocycles. The number of carbonyl (C=O) groups excluding carboxylic acids is 3. The van der Waals surface area contributed by atoms with Crippen molar-refractivity contribution in [1.82, 2.24) is 20.4 Å². The number of rotatable bonds is 7. The number of carbonyl (C=O) groups is 3. The molecule has 0 unspecified atom stereocenters. The quantitative estimate of drug-likeness (QED) is 0.651. The Labute approximate surface area is 184 Å². The zero-order valence-corrected chi connectivity index (χ0v) is 18.9. The maximum atomic E-state index is 13.6. The van der Waals surface area contributed by atoms with Gasteiger partial charge in [-0.15, -0.1) is 0 Å². The summed E-state index contributed by atoms with van der Waals surface area (Å²) < 4.78 is 0. The number of urea groups is 1. The van der Waals surface area contributed by atoms with Crippen LogP contribution in [0.2, 0.25) is 0 Å². The smallest absolute Gasteiger partial charge is 0.317 e. The normalized spacial score (nSPS) is 18.1. The number of benzene rings is 1. The van der Waals surface area contributed by atoms with Gasteiger partial charge in [0.2, 0.25) is 5.91 Å². The van der Waals surface area contributed by atoms with Crippen LogP contribution in [0.4, 0.5) is 10.5 Å². The van der Waals surface area contributed by atoms with Gasteiger partial charge in [-0.1, -0.05) is 31.5 Å². The number of piperidine rings is 1. The third kappa shape index (κ3) is 5.11. The van der Waals surface area contributed by atoms with Crippen molar-refractivity contribution >= 4 is 23.5 Å². The highest BCUT2D eigenvalue weighted by atomic mass is 16.2. The van der Waals surface area contributed by atoms with Crippen LogP contribution in [0, 0.1) is 0 Å². The topological polar surface area (TPSA) is 85.0 Å². The van der Waals surface area contributed by atoms with Gasteiger partial charge in [-0.3, -0.25) is 9.59 Å². The Hall–Kier alpha value is -2.77. The molecule has 31 heavy (non-hydrogen) atoms. The number of likely N-dealkylation sites (tertiary alicyclic amines) is 1. The molecule has 8 heteroatoms. The summed E-state index contributed by atoms with van der Waals surface area (Å²) in [4.78, 5) is 43.9. The molecule has 2 saturated heterocycles. The molecule has 1 aromatic rings. The molecule has 0 atom stereocenters. The number of hydrogen-bond acceptors (Lipinski definition) is 4. The lowest BCUT2D eigenvalue weighted by molar-refractivity contribution is -0.137. The number of unbranched alkanes of at least 4 members (excludes halogenated alkanes) is 1. The van der Waals surface area contributed by atoms with Gasteiger partial charge in [-0.2, -0.15) is 0 Å². The van der Waals surface area contributed by atoms with Gasteiger partial charge in [-0.05, 0) is 45.2 Å². The maximum Gasteiger partial charge on any atom is 0.317 e. The third-order valence-corrected chi connectivity index (χ3v) is 6.05. The Balaban J connectivity index is 1.75. The molecule has 2 heterocycles. The Kier molecular flexibility index (Phi) is 7.41. The van der Waals surface area contributed by atoms with Crippen LogP contribution in [-0.2, 0) is 9.59 Å². The highest BCUT2D eigenvalue weighted by Crippen LogP contribution is 2.39. The number of nitrogens with one attached hydrogen (secondary N) is 2. The molecule has 1 spiro atoms. The fourth-order valence-electron chi connectivity index (χ4n) is 4.43. The van der Waals surface area contributed by atoms with Gasteiger partial charge in [0.05, 0.1) is 6.67 Å². The van der Waals surface area contributed by atoms with Crippen LogP contribution in [0.25, 0.3) is 0 Å². The molecule has 2 aliphatic rings. The standard InChI is InChI=1S/C23H35N5O3/c1-4-5-13-24-22(31)26-14-11-23(12-15-26)21(30)27(16-20(29)25-18(2)3)17-28(23)19-9-7-6-8-10-19/h6-10,18H,4-5,11-17H2,1-3H3,(H,24,31)(H,25,29). The average Bonchev–Trinajstić information content (AvgIpc) is 3.00. The van der Waals surface area contributed by atoms with Crippen LogP contribution in [-0.4, -0.2) is 72.1 Å². The van der Waals surface area contributed by atoms with Gasteiger partial charge in [-0.25, -0.2) is 4.79 Å². The molecule has 2 N–H and O–H groups in total. The summed E-state index contributed by atoms with van der Waals surface area (Å²) in [6.07, 6.45) is 3.08. The highest BCUT2D eigenvalue weighted by molar-refractivity contribution is 5.96. The Morgan fingerprint density at radius 2 is 1.81 bits per heavy atom. The van der Waals surface area contributed by atoms with Crippen molar-refractivity contribution in [3.05, 3.63) is 30.3 Å². The summed E-state index contributed by atoms with van der Waals surface area (Å²) in [5, 5.41) is 5.83. The van der Waals surface area contributed by atoms with Crippen molar-refractivity contribution in [2.45, 2.75) is 58.0 Å². The van der Waals surface area contributed by atoms with E-state index in [1.54, 1.807) is 9.80 Å². The summed E-state index contributed by atoms with van der Waals surface area (Å²) in [7, 11) is 0. The lowest BCUT2D eigenvalue weighted by Gasteiger charge is -2.43. The molecule has 0 saturated carbocycles. The Morgan fingerprint density at radius 3 is 2.42 bits per heavy atom. The minimum atomic E-state index is -0.723. The Bertz CT molecular complexity index is 775. The minimum Gasteiger partial charge on any atom is -0.352 e. The molecule has 2 fully saturated rings. The first-order chi connectivity index (χ1) is 14.9. The highest BCUT2D eigenvalue weighted by Gasteiger charge is 2.54. The molecule has 1 aromatic carbocycles. The zero-order valence-electron chi connectivity index (χ0n) is 18.9. The Morgan fingerprint density at radius 1 is 1.13 bits per heavy atom. The van der Waals surface area contributed by atoms with Crippen molar-refractivity contribution in [3.8, 4) is 0 Å². The van der Waals surface area contributed by atoms with E-state index >= 15 is 0 Å². The van der Waals surface area contributed by atoms with Crippen LogP contribution in [0.5, 0.6) is 0 Å². The number of anilines is 1. The zero-order chi connectivity index (χ0) is 22.4. The first kappa shape index (κ1) is 22.9. The van der Waals surface area contributed by atoms with Crippen molar-refractivity contribution in [2.75, 3.05) is 37.7 Å². The summed E-state index contributed by atoms with van der Waals surface area (Å²) in [5.74, 6) is -0.178. The molecular formula is C23H35N5O3. The fourth-order valence-corrected chi connectivity index (χ4v) is 4.43. The van der Waals surface area contributed by atoms with Crippen molar-refractivity contribution in [3.63, 3.8) is 0 Å². The molecule has 8 nitrogen and oxygen atoms in total. The van der Waals surface area contributed by atoms with Crippen LogP contribution in [0.15, 0.2) is 30.3 Å². The monoisotopic (exact) mass is 429 g/mol. The lowest BCUT2D eigenvalue weighted by atomic mass is 9.85. The van der Waals surface area contributed by atoms with Gasteiger partial charge >= 0.3 is 6.03 Å². The molecule has 170 valence electrons. The van der Waals surface area contributed by atoms with E-state index in [1.807, 2.05) is 44.2 Å². The molecule has 0 bridgehead atoms. The van der Waals surface area contributed by atoms with E-state index in [2.05, 4.69) is 22.5 Å². The van der Waals surface area contributed by atoms with E-state index in [0.29, 0.717) is 39.1 Å². The first-order valence-electron chi connectivity index (χ1n) is 11.3. The summed E-state index contributed by atoms with van der Waals surface area (Å²) in [5.41, 5.74) is 0.239. The third-order valence-electron chi connectivity index (χ3n) is 6.05. The van der Waals surface area contributed by atoms with Crippen LogP contribution in [0.1, 0.15) is 46.5 Å². The number of nitrogens with zero attached hydrogens (tertiary/aromatic N) is 3. The largest absolute Gasteiger partial charge is 0.352 e. The van der Waals surface area contributed by atoms with E-state index in [9.17, 15) is 14.4 Å². The fraction of sp³-hybridized carbons (Fsp3) is 0.609. The number of para-hydroxylation sites is 1. The van der Waals surface area contributed by atoms with Gasteiger partial charge in [0.1, 0.15) is 12.1 Å². The molecular weight excluding hydrogens is 394 g/mol. The summed E-state index contributed by atoms with van der Waals surface area (Å²) in [6.45, 7) is 8.02. The molecule has 0 radical (unpaired) electrons. The van der Waals surface area contributed by atoms with Gasteiger partial charge in [0.15, 0.2) is 0 Å². The first-order valence-corrected chi connectivity index (χ1v) is 11.3. The second-order valence-corrected chi connectivity index (χ2v) is 8.73. The molecule has 2 aliphatic heterocycles. The second kappa shape index (κ2) is 10.0. The van der Waals surface area contributed by atoms with Gasteiger partial charge < -0.3 is 25.3 Å². The van der Waals surface area contributed by atoms with Gasteiger partial charge in [0.25, 0.3) is 5.91 Å². The molecule has 0 aliphatic carbocycles. The minimum absolute atomic E-state index is 0.0266. The van der Waals surface area contributed by atoms with Crippen LogP contribution in [0.3, 0.4) is 0 Å². The van der Waals surface area contributed by atoms with E-state index in [-0.39, 0.29) is 30.4 Å². The predicted molar refractivity (Wildman–Crippen MR) is 121 cm³/mol. The van der Waals surface area contributed by atoms with E-state index in [4.69, 9.17) is 0 Å². The van der Waals surface area contributed by atoms with Crippen molar-refractivity contribution < 1.29 is 14.4 Å².